The lowest BCUT2D eigenvalue weighted by molar-refractivity contribution is 0.412. The minimum atomic E-state index is -4.05. The van der Waals surface area contributed by atoms with E-state index in [0.717, 1.165) is 11.9 Å². The molecule has 0 aliphatic carbocycles. The number of pyridine rings is 1. The van der Waals surface area contributed by atoms with Crippen molar-refractivity contribution in [2.24, 2.45) is 0 Å². The van der Waals surface area contributed by atoms with Crippen molar-refractivity contribution in [3.8, 4) is 22.6 Å². The first-order chi connectivity index (χ1) is 17.7. The normalized spacial score (nSPS) is 11.6. The molecule has 3 aromatic carbocycles. The van der Waals surface area contributed by atoms with Crippen LogP contribution in [0, 0.1) is 12.7 Å². The molecule has 0 spiro atoms. The second-order valence-electron chi connectivity index (χ2n) is 8.05. The minimum absolute atomic E-state index is 0.102. The molecular weight excluding hydrogens is 523 g/mol. The molecule has 0 aliphatic rings. The van der Waals surface area contributed by atoms with Crippen LogP contribution in [0.15, 0.2) is 81.2 Å². The lowest BCUT2D eigenvalue weighted by Crippen LogP contribution is -2.19. The predicted molar refractivity (Wildman–Crippen MR) is 136 cm³/mol. The molecule has 0 saturated heterocycles. The molecule has 12 heteroatoms. The van der Waals surface area contributed by atoms with Crippen LogP contribution < -0.4 is 15.0 Å². The summed E-state index contributed by atoms with van der Waals surface area (Å²) in [4.78, 5) is 16.5. The van der Waals surface area contributed by atoms with Gasteiger partial charge in [-0.15, -0.1) is 0 Å². The van der Waals surface area contributed by atoms with Crippen LogP contribution in [0.4, 0.5) is 10.4 Å². The molecular formula is C25H18ClFN4O5S. The van der Waals surface area contributed by atoms with E-state index >= 15 is 4.39 Å². The highest BCUT2D eigenvalue weighted by Gasteiger charge is 2.20. The van der Waals surface area contributed by atoms with Crippen LogP contribution >= 0.6 is 11.6 Å². The zero-order valence-electron chi connectivity index (χ0n) is 19.4. The summed E-state index contributed by atoms with van der Waals surface area (Å²) < 4.78 is 54.6. The van der Waals surface area contributed by atoms with Crippen LogP contribution in [0.1, 0.15) is 5.56 Å². The Bertz CT molecular complexity index is 1820. The van der Waals surface area contributed by atoms with Crippen LogP contribution in [-0.2, 0) is 10.0 Å². The van der Waals surface area contributed by atoms with Gasteiger partial charge in [0.05, 0.1) is 23.2 Å². The van der Waals surface area contributed by atoms with Crippen molar-refractivity contribution in [1.82, 2.24) is 14.7 Å². The Kier molecular flexibility index (Phi) is 6.18. The Hall–Kier alpha value is -4.22. The summed E-state index contributed by atoms with van der Waals surface area (Å²) in [5.74, 6) is -0.335. The Morgan fingerprint density at radius 3 is 2.59 bits per heavy atom. The van der Waals surface area contributed by atoms with Gasteiger partial charge in [-0.3, -0.25) is 9.36 Å². The number of benzene rings is 3. The van der Waals surface area contributed by atoms with Gasteiger partial charge >= 0.3 is 6.01 Å². The summed E-state index contributed by atoms with van der Waals surface area (Å²) in [6.07, 6.45) is 1.06. The average molecular weight is 541 g/mol. The second kappa shape index (κ2) is 9.34. The molecule has 37 heavy (non-hydrogen) atoms. The zero-order valence-corrected chi connectivity index (χ0v) is 21.0. The number of halogens is 2. The number of fused-ring (bicyclic) bond motifs is 1. The van der Waals surface area contributed by atoms with Crippen LogP contribution in [0.25, 0.3) is 27.7 Å². The maximum Gasteiger partial charge on any atom is 0.335 e. The van der Waals surface area contributed by atoms with E-state index in [9.17, 15) is 13.2 Å². The summed E-state index contributed by atoms with van der Waals surface area (Å²) in [5, 5.41) is 4.33. The number of aryl methyl sites for hydroxylation is 1. The van der Waals surface area contributed by atoms with Crippen molar-refractivity contribution >= 4 is 38.5 Å². The highest BCUT2D eigenvalue weighted by Crippen LogP contribution is 2.35. The quantitative estimate of drug-likeness (QED) is 0.324. The summed E-state index contributed by atoms with van der Waals surface area (Å²) in [7, 11) is -2.64. The van der Waals surface area contributed by atoms with Gasteiger partial charge in [0.2, 0.25) is 0 Å². The zero-order chi connectivity index (χ0) is 26.3. The molecule has 188 valence electrons. The Morgan fingerprint density at radius 2 is 1.89 bits per heavy atom. The molecule has 2 aromatic heterocycles. The second-order valence-corrected chi connectivity index (χ2v) is 10.1. The van der Waals surface area contributed by atoms with Crippen molar-refractivity contribution in [3.05, 3.63) is 93.7 Å². The number of aromatic nitrogens is 3. The van der Waals surface area contributed by atoms with E-state index in [2.05, 4.69) is 14.9 Å². The van der Waals surface area contributed by atoms with E-state index in [4.69, 9.17) is 20.9 Å². The molecule has 5 rings (SSSR count). The number of rotatable bonds is 6. The minimum Gasteiger partial charge on any atom is -0.495 e. The third-order valence-corrected chi connectivity index (χ3v) is 7.48. The van der Waals surface area contributed by atoms with Crippen molar-refractivity contribution in [1.29, 1.82) is 0 Å². The molecule has 0 fully saturated rings. The Morgan fingerprint density at radius 1 is 1.08 bits per heavy atom. The van der Waals surface area contributed by atoms with E-state index < -0.39 is 21.4 Å². The first kappa shape index (κ1) is 24.5. The number of hydrogen-bond acceptors (Lipinski definition) is 7. The molecule has 0 amide bonds. The lowest BCUT2D eigenvalue weighted by Gasteiger charge is -2.17. The summed E-state index contributed by atoms with van der Waals surface area (Å²) in [5.41, 5.74) is 1.69. The lowest BCUT2D eigenvalue weighted by atomic mass is 10.0. The summed E-state index contributed by atoms with van der Waals surface area (Å²) >= 11 is 6.11. The van der Waals surface area contributed by atoms with Crippen molar-refractivity contribution < 1.29 is 22.1 Å². The van der Waals surface area contributed by atoms with Gasteiger partial charge in [-0.2, -0.15) is 4.98 Å². The average Bonchev–Trinajstić information content (AvgIpc) is 3.37. The molecule has 0 aliphatic heterocycles. The molecule has 1 N–H and O–H groups in total. The number of ether oxygens (including phenoxy) is 1. The number of sulfonamides is 1. The largest absolute Gasteiger partial charge is 0.495 e. The fourth-order valence-electron chi connectivity index (χ4n) is 3.95. The molecule has 0 saturated carbocycles. The fourth-order valence-corrected chi connectivity index (χ4v) is 5.03. The first-order valence-corrected chi connectivity index (χ1v) is 12.6. The number of anilines is 1. The van der Waals surface area contributed by atoms with Crippen LogP contribution in [0.2, 0.25) is 5.02 Å². The van der Waals surface area contributed by atoms with Gasteiger partial charge in [0, 0.05) is 28.1 Å². The highest BCUT2D eigenvalue weighted by molar-refractivity contribution is 7.92. The highest BCUT2D eigenvalue weighted by atomic mass is 35.5. The van der Waals surface area contributed by atoms with Gasteiger partial charge < -0.3 is 9.26 Å². The standard InChI is InChI=1S/C25H18ClFN4O5S/c1-14-9-15(3-6-19(14)26)18-11-23(35-2)22(12-20(18)27)31-21-7-5-17(10-16(21)4-8-24(31)32)37(33,34)30-25-28-13-29-36-25/h3-13H,1-2H3,(H,28,29,30). The van der Waals surface area contributed by atoms with E-state index in [1.807, 2.05) is 6.92 Å². The molecule has 2 heterocycles. The van der Waals surface area contributed by atoms with E-state index in [0.29, 0.717) is 21.5 Å². The molecule has 0 atom stereocenters. The van der Waals surface area contributed by atoms with E-state index in [1.54, 1.807) is 18.2 Å². The van der Waals surface area contributed by atoms with Gasteiger partial charge in [-0.1, -0.05) is 22.8 Å². The van der Waals surface area contributed by atoms with Gasteiger partial charge in [0.25, 0.3) is 15.6 Å². The molecule has 5 aromatic rings. The number of nitrogens with zero attached hydrogens (tertiary/aromatic N) is 3. The van der Waals surface area contributed by atoms with Gasteiger partial charge in [-0.05, 0) is 60.5 Å². The fraction of sp³-hybridized carbons (Fsp3) is 0.0800. The van der Waals surface area contributed by atoms with Crippen LogP contribution in [0.3, 0.4) is 0 Å². The predicted octanol–water partition coefficient (Wildman–Crippen LogP) is 4.95. The number of hydrogen-bond donors (Lipinski definition) is 1. The van der Waals surface area contributed by atoms with Crippen molar-refractivity contribution in [3.63, 3.8) is 0 Å². The third kappa shape index (κ3) is 4.54. The van der Waals surface area contributed by atoms with Gasteiger partial charge in [-0.25, -0.2) is 17.5 Å². The maximum absolute atomic E-state index is 15.4. The molecule has 0 radical (unpaired) electrons. The monoisotopic (exact) mass is 540 g/mol. The molecule has 0 bridgehead atoms. The van der Waals surface area contributed by atoms with Crippen LogP contribution in [0.5, 0.6) is 5.75 Å². The van der Waals surface area contributed by atoms with Crippen molar-refractivity contribution in [2.45, 2.75) is 11.8 Å². The smallest absolute Gasteiger partial charge is 0.335 e. The van der Waals surface area contributed by atoms with E-state index in [-0.39, 0.29) is 27.9 Å². The van der Waals surface area contributed by atoms with Gasteiger partial charge in [0.15, 0.2) is 6.33 Å². The molecule has 0 unspecified atom stereocenters. The third-order valence-electron chi connectivity index (χ3n) is 5.74. The summed E-state index contributed by atoms with van der Waals surface area (Å²) in [6, 6.07) is 14.4. The summed E-state index contributed by atoms with van der Waals surface area (Å²) in [6.45, 7) is 1.82. The topological polar surface area (TPSA) is 116 Å². The van der Waals surface area contributed by atoms with E-state index in [1.165, 1.54) is 54.1 Å². The molecule has 9 nitrogen and oxygen atoms in total. The maximum atomic E-state index is 15.4. The first-order valence-electron chi connectivity index (χ1n) is 10.8. The number of methoxy groups -OCH3 is 1. The van der Waals surface area contributed by atoms with Crippen LogP contribution in [-0.4, -0.2) is 30.2 Å². The Labute approximate surface area is 215 Å². The number of nitrogens with one attached hydrogen (secondary N) is 1. The SMILES string of the molecule is COc1cc(-c2ccc(Cl)c(C)c2)c(F)cc1-n1c(=O)ccc2cc(S(=O)(=O)Nc3ncno3)ccc21. The van der Waals surface area contributed by atoms with Crippen molar-refractivity contribution in [2.75, 3.05) is 11.8 Å². The van der Waals surface area contributed by atoms with Gasteiger partial charge in [0.1, 0.15) is 11.6 Å². The Balaban J connectivity index is 1.64.